The number of aromatic hydroxyl groups is 1. The second-order valence-corrected chi connectivity index (χ2v) is 11.3. The van der Waals surface area contributed by atoms with Gasteiger partial charge in [-0.15, -0.1) is 0 Å². The van der Waals surface area contributed by atoms with E-state index in [1.54, 1.807) is 0 Å². The third-order valence-electron chi connectivity index (χ3n) is 6.83. The molecule has 0 aliphatic carbocycles. The maximum atomic E-state index is 9.54. The van der Waals surface area contributed by atoms with Crippen molar-refractivity contribution < 1.29 is 5.11 Å². The smallest absolute Gasteiger partial charge is 0.115 e. The number of hydrogen-bond donors (Lipinski definition) is 1. The number of phenols is 1. The summed E-state index contributed by atoms with van der Waals surface area (Å²) in [5.41, 5.74) is 2.08. The van der Waals surface area contributed by atoms with Crippen molar-refractivity contribution in [2.45, 2.75) is 113 Å². The summed E-state index contributed by atoms with van der Waals surface area (Å²) in [4.78, 5) is 0. The first-order valence-corrected chi connectivity index (χ1v) is 11.7. The second kappa shape index (κ2) is 11.3. The molecule has 1 rings (SSSR count). The quantitative estimate of drug-likeness (QED) is 0.375. The first-order chi connectivity index (χ1) is 12.9. The first kappa shape index (κ1) is 25.1. The summed E-state index contributed by atoms with van der Waals surface area (Å²) in [5.74, 6) is 2.46. The average molecular weight is 389 g/mol. The van der Waals surface area contributed by atoms with Gasteiger partial charge in [0.1, 0.15) is 5.75 Å². The molecule has 0 fully saturated rings. The summed E-state index contributed by atoms with van der Waals surface area (Å²) in [5, 5.41) is 9.54. The highest BCUT2D eigenvalue weighted by Crippen LogP contribution is 2.43. The van der Waals surface area contributed by atoms with Crippen LogP contribution in [-0.2, 0) is 0 Å². The lowest BCUT2D eigenvalue weighted by molar-refractivity contribution is 0.115. The fraction of sp³-hybridized carbons (Fsp3) is 0.778. The molecule has 1 nitrogen and oxygen atoms in total. The minimum atomic E-state index is 0.349. The van der Waals surface area contributed by atoms with Gasteiger partial charge in [0.2, 0.25) is 0 Å². The topological polar surface area (TPSA) is 20.2 Å². The summed E-state index contributed by atoms with van der Waals surface area (Å²) in [7, 11) is 0. The third kappa shape index (κ3) is 9.01. The van der Waals surface area contributed by atoms with Crippen LogP contribution in [0.4, 0.5) is 0 Å². The molecule has 1 heteroatoms. The van der Waals surface area contributed by atoms with Gasteiger partial charge < -0.3 is 5.11 Å². The van der Waals surface area contributed by atoms with E-state index in [0.29, 0.717) is 22.5 Å². The Labute approximate surface area is 176 Å². The van der Waals surface area contributed by atoms with Gasteiger partial charge in [0.05, 0.1) is 0 Å². The lowest BCUT2D eigenvalue weighted by Gasteiger charge is -2.39. The molecule has 1 N–H and O–H groups in total. The molecule has 1 aromatic rings. The molecule has 0 amide bonds. The maximum absolute atomic E-state index is 9.54. The van der Waals surface area contributed by atoms with Crippen LogP contribution in [-0.4, -0.2) is 5.11 Å². The van der Waals surface area contributed by atoms with E-state index in [1.807, 2.05) is 12.1 Å². The standard InChI is InChI=1S/C27H48O/c1-9-10-11-12-13-23(26(3,4)5)20-24(27(6,7)8)17-14-21(2)22-15-18-25(28)19-16-22/h15-16,18-19,21,23-24,28H,9-14,17,20H2,1-8H3. The van der Waals surface area contributed by atoms with Crippen LogP contribution in [0.25, 0.3) is 0 Å². The van der Waals surface area contributed by atoms with E-state index in [0.717, 1.165) is 11.8 Å². The van der Waals surface area contributed by atoms with Gasteiger partial charge in [-0.1, -0.05) is 93.2 Å². The SMILES string of the molecule is CCCCCCC(CC(CCC(C)c1ccc(O)cc1)C(C)(C)C)C(C)(C)C. The highest BCUT2D eigenvalue weighted by molar-refractivity contribution is 5.27. The van der Waals surface area contributed by atoms with Gasteiger partial charge >= 0.3 is 0 Å². The van der Waals surface area contributed by atoms with Crippen molar-refractivity contribution in [2.24, 2.45) is 22.7 Å². The number of phenolic OH excluding ortho intramolecular Hbond substituents is 1. The minimum absolute atomic E-state index is 0.349. The number of benzene rings is 1. The number of hydrogen-bond acceptors (Lipinski definition) is 1. The average Bonchev–Trinajstić information content (AvgIpc) is 2.58. The summed E-state index contributed by atoms with van der Waals surface area (Å²) < 4.78 is 0. The van der Waals surface area contributed by atoms with E-state index >= 15 is 0 Å². The predicted octanol–water partition coefficient (Wildman–Crippen LogP) is 8.96. The Hall–Kier alpha value is -0.980. The lowest BCUT2D eigenvalue weighted by Crippen LogP contribution is -2.29. The highest BCUT2D eigenvalue weighted by atomic mass is 16.3. The summed E-state index contributed by atoms with van der Waals surface area (Å²) in [6.07, 6.45) is 10.7. The van der Waals surface area contributed by atoms with E-state index in [2.05, 4.69) is 67.5 Å². The van der Waals surface area contributed by atoms with Crippen molar-refractivity contribution >= 4 is 0 Å². The zero-order valence-corrected chi connectivity index (χ0v) is 20.1. The van der Waals surface area contributed by atoms with Gasteiger partial charge in [-0.05, 0) is 72.0 Å². The van der Waals surface area contributed by atoms with Crippen LogP contribution < -0.4 is 0 Å². The minimum Gasteiger partial charge on any atom is -0.508 e. The molecule has 0 saturated heterocycles. The fourth-order valence-corrected chi connectivity index (χ4v) is 4.39. The van der Waals surface area contributed by atoms with E-state index < -0.39 is 0 Å². The molecule has 0 spiro atoms. The Morgan fingerprint density at radius 3 is 1.79 bits per heavy atom. The maximum Gasteiger partial charge on any atom is 0.115 e. The Bertz CT molecular complexity index is 529. The molecule has 0 heterocycles. The van der Waals surface area contributed by atoms with Crippen LogP contribution in [0.5, 0.6) is 5.75 Å². The third-order valence-corrected chi connectivity index (χ3v) is 6.83. The lowest BCUT2D eigenvalue weighted by atomic mass is 9.66. The second-order valence-electron chi connectivity index (χ2n) is 11.3. The van der Waals surface area contributed by atoms with E-state index in [9.17, 15) is 5.11 Å². The molecule has 0 aromatic heterocycles. The molecule has 0 radical (unpaired) electrons. The van der Waals surface area contributed by atoms with Crippen molar-refractivity contribution in [1.82, 2.24) is 0 Å². The molecule has 1 aromatic carbocycles. The molecule has 3 unspecified atom stereocenters. The Morgan fingerprint density at radius 1 is 0.750 bits per heavy atom. The van der Waals surface area contributed by atoms with E-state index in [4.69, 9.17) is 0 Å². The van der Waals surface area contributed by atoms with Gasteiger partial charge in [-0.3, -0.25) is 0 Å². The van der Waals surface area contributed by atoms with Crippen LogP contribution in [0.1, 0.15) is 118 Å². The van der Waals surface area contributed by atoms with Crippen molar-refractivity contribution in [1.29, 1.82) is 0 Å². The van der Waals surface area contributed by atoms with Gasteiger partial charge in [0.15, 0.2) is 0 Å². The van der Waals surface area contributed by atoms with Crippen LogP contribution in [0.3, 0.4) is 0 Å². The highest BCUT2D eigenvalue weighted by Gasteiger charge is 2.32. The van der Waals surface area contributed by atoms with Crippen molar-refractivity contribution in [2.75, 3.05) is 0 Å². The van der Waals surface area contributed by atoms with Crippen molar-refractivity contribution in [3.8, 4) is 5.75 Å². The van der Waals surface area contributed by atoms with Gasteiger partial charge in [-0.25, -0.2) is 0 Å². The molecule has 0 aliphatic rings. The van der Waals surface area contributed by atoms with Crippen LogP contribution >= 0.6 is 0 Å². The molecular weight excluding hydrogens is 340 g/mol. The normalized spacial score (nSPS) is 16.0. The number of unbranched alkanes of at least 4 members (excludes halogenated alkanes) is 3. The largest absolute Gasteiger partial charge is 0.508 e. The monoisotopic (exact) mass is 388 g/mol. The molecule has 162 valence electrons. The Kier molecular flexibility index (Phi) is 10.1. The van der Waals surface area contributed by atoms with Gasteiger partial charge in [-0.2, -0.15) is 0 Å². The van der Waals surface area contributed by atoms with Crippen molar-refractivity contribution in [3.63, 3.8) is 0 Å². The molecule has 0 bridgehead atoms. The van der Waals surface area contributed by atoms with Crippen molar-refractivity contribution in [3.05, 3.63) is 29.8 Å². The summed E-state index contributed by atoms with van der Waals surface area (Å²) >= 11 is 0. The van der Waals surface area contributed by atoms with Crippen LogP contribution in [0.2, 0.25) is 0 Å². The van der Waals surface area contributed by atoms with Crippen LogP contribution in [0.15, 0.2) is 24.3 Å². The predicted molar refractivity (Wildman–Crippen MR) is 125 cm³/mol. The van der Waals surface area contributed by atoms with E-state index in [1.165, 1.54) is 56.9 Å². The van der Waals surface area contributed by atoms with Gasteiger partial charge in [0, 0.05) is 0 Å². The molecular formula is C27H48O. The first-order valence-electron chi connectivity index (χ1n) is 11.7. The molecule has 0 aliphatic heterocycles. The Balaban J connectivity index is 2.75. The fourth-order valence-electron chi connectivity index (χ4n) is 4.39. The number of rotatable bonds is 11. The zero-order chi connectivity index (χ0) is 21.4. The molecule has 28 heavy (non-hydrogen) atoms. The molecule has 3 atom stereocenters. The molecule has 0 saturated carbocycles. The zero-order valence-electron chi connectivity index (χ0n) is 20.1. The van der Waals surface area contributed by atoms with Gasteiger partial charge in [0.25, 0.3) is 0 Å². The summed E-state index contributed by atoms with van der Waals surface area (Å²) in [6.45, 7) is 19.2. The van der Waals surface area contributed by atoms with E-state index in [-0.39, 0.29) is 0 Å². The Morgan fingerprint density at radius 2 is 1.29 bits per heavy atom. The van der Waals surface area contributed by atoms with Crippen LogP contribution in [0, 0.1) is 22.7 Å². The summed E-state index contributed by atoms with van der Waals surface area (Å²) in [6, 6.07) is 7.80.